The first-order chi connectivity index (χ1) is 10.2. The molecule has 0 saturated heterocycles. The van der Waals surface area contributed by atoms with E-state index in [0.717, 1.165) is 11.3 Å². The summed E-state index contributed by atoms with van der Waals surface area (Å²) in [6.07, 6.45) is 0.0594. The minimum absolute atomic E-state index is 0.0594. The number of hydrogen-bond donors (Lipinski definition) is 0. The lowest BCUT2D eigenvalue weighted by atomic mass is 9.92. The van der Waals surface area contributed by atoms with Gasteiger partial charge in [0.05, 0.1) is 17.6 Å². The van der Waals surface area contributed by atoms with Gasteiger partial charge in [-0.25, -0.2) is 0 Å². The zero-order chi connectivity index (χ0) is 14.8. The molecule has 0 aromatic heterocycles. The van der Waals surface area contributed by atoms with Gasteiger partial charge >= 0.3 is 0 Å². The van der Waals surface area contributed by atoms with Crippen molar-refractivity contribution in [2.75, 3.05) is 5.75 Å². The van der Waals surface area contributed by atoms with Gasteiger partial charge in [-0.05, 0) is 37.6 Å². The fraction of sp³-hybridized carbons (Fsp3) is 0.278. The Morgan fingerprint density at radius 1 is 1.14 bits per heavy atom. The SMILES string of the molecule is CC(C)Oc1ccccc1C(=O)C1CSc2ccccc21. The Kier molecular flexibility index (Phi) is 4.02. The Bertz CT molecular complexity index is 664. The number of Topliss-reactive ketones (excluding diaryl/α,β-unsaturated/α-hetero) is 1. The van der Waals surface area contributed by atoms with Crippen molar-refractivity contribution in [3.63, 3.8) is 0 Å². The smallest absolute Gasteiger partial charge is 0.174 e. The Morgan fingerprint density at radius 2 is 1.86 bits per heavy atom. The molecule has 1 unspecified atom stereocenters. The zero-order valence-corrected chi connectivity index (χ0v) is 13.0. The molecular weight excluding hydrogens is 280 g/mol. The molecule has 2 nitrogen and oxygen atoms in total. The van der Waals surface area contributed by atoms with Gasteiger partial charge in [0.15, 0.2) is 5.78 Å². The molecule has 0 amide bonds. The number of thioether (sulfide) groups is 1. The van der Waals surface area contributed by atoms with Gasteiger partial charge in [-0.15, -0.1) is 11.8 Å². The molecule has 21 heavy (non-hydrogen) atoms. The van der Waals surface area contributed by atoms with Gasteiger partial charge in [0.1, 0.15) is 5.75 Å². The molecule has 2 aromatic carbocycles. The van der Waals surface area contributed by atoms with Crippen LogP contribution < -0.4 is 4.74 Å². The van der Waals surface area contributed by atoms with Crippen LogP contribution in [0, 0.1) is 0 Å². The summed E-state index contributed by atoms with van der Waals surface area (Å²) in [5.41, 5.74) is 1.83. The highest BCUT2D eigenvalue weighted by molar-refractivity contribution is 7.99. The number of benzene rings is 2. The second kappa shape index (κ2) is 5.94. The van der Waals surface area contributed by atoms with Crippen LogP contribution in [0.4, 0.5) is 0 Å². The van der Waals surface area contributed by atoms with Gasteiger partial charge in [0.25, 0.3) is 0 Å². The monoisotopic (exact) mass is 298 g/mol. The Labute approximate surface area is 129 Å². The van der Waals surface area contributed by atoms with E-state index in [1.54, 1.807) is 11.8 Å². The van der Waals surface area contributed by atoms with Gasteiger partial charge in [0.2, 0.25) is 0 Å². The topological polar surface area (TPSA) is 26.3 Å². The average molecular weight is 298 g/mol. The van der Waals surface area contributed by atoms with Crippen molar-refractivity contribution in [2.24, 2.45) is 0 Å². The van der Waals surface area contributed by atoms with E-state index in [0.29, 0.717) is 11.3 Å². The van der Waals surface area contributed by atoms with Crippen LogP contribution in [0.1, 0.15) is 35.7 Å². The molecular formula is C18H18O2S. The van der Waals surface area contributed by atoms with Crippen molar-refractivity contribution < 1.29 is 9.53 Å². The van der Waals surface area contributed by atoms with Gasteiger partial charge in [-0.2, -0.15) is 0 Å². The summed E-state index contributed by atoms with van der Waals surface area (Å²) in [4.78, 5) is 14.1. The quantitative estimate of drug-likeness (QED) is 0.775. The van der Waals surface area contributed by atoms with E-state index >= 15 is 0 Å². The third-order valence-corrected chi connectivity index (χ3v) is 4.71. The van der Waals surface area contributed by atoms with Gasteiger partial charge in [-0.3, -0.25) is 4.79 Å². The number of carbonyl (C=O) groups is 1. The summed E-state index contributed by atoms with van der Waals surface area (Å²) in [6.45, 7) is 3.95. The highest BCUT2D eigenvalue weighted by atomic mass is 32.2. The molecule has 0 radical (unpaired) electrons. The lowest BCUT2D eigenvalue weighted by Crippen LogP contribution is -2.15. The molecule has 0 spiro atoms. The van der Waals surface area contributed by atoms with Gasteiger partial charge in [0, 0.05) is 10.6 Å². The molecule has 1 heterocycles. The molecule has 0 N–H and O–H groups in total. The van der Waals surface area contributed by atoms with E-state index in [2.05, 4.69) is 12.1 Å². The van der Waals surface area contributed by atoms with Gasteiger partial charge in [-0.1, -0.05) is 30.3 Å². The molecule has 108 valence electrons. The third-order valence-electron chi connectivity index (χ3n) is 3.53. The first kappa shape index (κ1) is 14.2. The predicted octanol–water partition coefficient (Wildman–Crippen LogP) is 4.55. The van der Waals surface area contributed by atoms with E-state index in [1.165, 1.54) is 4.90 Å². The van der Waals surface area contributed by atoms with Gasteiger partial charge < -0.3 is 4.74 Å². The van der Waals surface area contributed by atoms with Crippen molar-refractivity contribution in [3.8, 4) is 5.75 Å². The first-order valence-corrected chi connectivity index (χ1v) is 8.17. The normalized spacial score (nSPS) is 16.8. The Hall–Kier alpha value is -1.74. The van der Waals surface area contributed by atoms with Crippen LogP contribution in [0.3, 0.4) is 0 Å². The highest BCUT2D eigenvalue weighted by Crippen LogP contribution is 2.41. The fourth-order valence-corrected chi connectivity index (χ4v) is 3.82. The molecule has 3 rings (SSSR count). The van der Waals surface area contributed by atoms with E-state index in [4.69, 9.17) is 4.74 Å². The molecule has 3 heteroatoms. The summed E-state index contributed by atoms with van der Waals surface area (Å²) < 4.78 is 5.79. The number of carbonyl (C=O) groups excluding carboxylic acids is 1. The largest absolute Gasteiger partial charge is 0.490 e. The van der Waals surface area contributed by atoms with Crippen molar-refractivity contribution in [1.29, 1.82) is 0 Å². The molecule has 0 saturated carbocycles. The number of rotatable bonds is 4. The van der Waals surface area contributed by atoms with Crippen LogP contribution in [0.25, 0.3) is 0 Å². The van der Waals surface area contributed by atoms with Crippen molar-refractivity contribution >= 4 is 17.5 Å². The van der Waals surface area contributed by atoms with Crippen LogP contribution >= 0.6 is 11.8 Å². The summed E-state index contributed by atoms with van der Waals surface area (Å²) in [5.74, 6) is 1.59. The zero-order valence-electron chi connectivity index (χ0n) is 12.2. The number of para-hydroxylation sites is 1. The molecule has 2 aromatic rings. The minimum atomic E-state index is -0.0666. The standard InChI is InChI=1S/C18H18O2S/c1-12(2)20-16-9-5-3-8-14(16)18(19)15-11-21-17-10-6-4-7-13(15)17/h3-10,12,15H,11H2,1-2H3. The Balaban J connectivity index is 1.94. The second-order valence-corrected chi connectivity index (χ2v) is 6.49. The number of hydrogen-bond acceptors (Lipinski definition) is 3. The third kappa shape index (κ3) is 2.84. The Morgan fingerprint density at radius 3 is 2.67 bits per heavy atom. The van der Waals surface area contributed by atoms with E-state index in [-0.39, 0.29) is 17.8 Å². The molecule has 0 fully saturated rings. The fourth-order valence-electron chi connectivity index (χ4n) is 2.59. The van der Waals surface area contributed by atoms with Crippen LogP contribution in [-0.4, -0.2) is 17.6 Å². The molecule has 0 bridgehead atoms. The predicted molar refractivity (Wildman–Crippen MR) is 86.4 cm³/mol. The highest BCUT2D eigenvalue weighted by Gasteiger charge is 2.31. The average Bonchev–Trinajstić information content (AvgIpc) is 2.90. The van der Waals surface area contributed by atoms with Crippen LogP contribution in [0.5, 0.6) is 5.75 Å². The lowest BCUT2D eigenvalue weighted by molar-refractivity contribution is 0.0962. The maximum atomic E-state index is 12.9. The number of ketones is 1. The lowest BCUT2D eigenvalue weighted by Gasteiger charge is -2.16. The van der Waals surface area contributed by atoms with Crippen molar-refractivity contribution in [2.45, 2.75) is 30.8 Å². The molecule has 1 aliphatic rings. The van der Waals surface area contributed by atoms with Crippen molar-refractivity contribution in [3.05, 3.63) is 59.7 Å². The minimum Gasteiger partial charge on any atom is -0.490 e. The molecule has 1 aliphatic heterocycles. The summed E-state index contributed by atoms with van der Waals surface area (Å²) in [5, 5.41) is 0. The first-order valence-electron chi connectivity index (χ1n) is 7.18. The summed E-state index contributed by atoms with van der Waals surface area (Å²) in [7, 11) is 0. The van der Waals surface area contributed by atoms with Crippen molar-refractivity contribution in [1.82, 2.24) is 0 Å². The maximum absolute atomic E-state index is 12.9. The number of fused-ring (bicyclic) bond motifs is 1. The summed E-state index contributed by atoms with van der Waals surface area (Å²) >= 11 is 1.76. The van der Waals surface area contributed by atoms with E-state index in [1.807, 2.05) is 50.2 Å². The maximum Gasteiger partial charge on any atom is 0.174 e. The van der Waals surface area contributed by atoms with Crippen LogP contribution in [0.15, 0.2) is 53.4 Å². The molecule has 1 atom stereocenters. The summed E-state index contributed by atoms with van der Waals surface area (Å²) in [6, 6.07) is 15.7. The molecule has 0 aliphatic carbocycles. The van der Waals surface area contributed by atoms with E-state index in [9.17, 15) is 4.79 Å². The van der Waals surface area contributed by atoms with E-state index < -0.39 is 0 Å². The second-order valence-electron chi connectivity index (χ2n) is 5.43. The van der Waals surface area contributed by atoms with Crippen LogP contribution in [0.2, 0.25) is 0 Å². The number of ether oxygens (including phenoxy) is 1. The van der Waals surface area contributed by atoms with Crippen LogP contribution in [-0.2, 0) is 0 Å².